The van der Waals surface area contributed by atoms with Gasteiger partial charge in [0.15, 0.2) is 0 Å². The normalized spacial score (nSPS) is 13.9. The molecule has 0 aromatic heterocycles. The fourth-order valence-corrected chi connectivity index (χ4v) is 4.53. The minimum absolute atomic E-state index is 0.106. The molecule has 3 aromatic rings. The molecule has 6 nitrogen and oxygen atoms in total. The third-order valence-corrected chi connectivity index (χ3v) is 6.13. The Morgan fingerprint density at radius 1 is 0.562 bits per heavy atom. The topological polar surface area (TPSA) is 77.4 Å². The average molecular weight is 474 g/mol. The first-order chi connectivity index (χ1) is 15.7. The zero-order chi connectivity index (χ0) is 22.4. The standard InChI is InChI=1S/C18H15O3P.C6H13O3P/c1-4-10-16(11-5-1)19-22(20-17-12-6-2-7-13-17)21-18-14-8-3-9-15-18;7-10(8)9-6-4-2-1-3-5-6/h1-15H;6-8H,1-5H2. The molecule has 0 unspecified atom stereocenters. The molecule has 0 atom stereocenters. The first-order valence-corrected chi connectivity index (χ1v) is 12.8. The van der Waals surface area contributed by atoms with Crippen molar-refractivity contribution in [1.29, 1.82) is 0 Å². The van der Waals surface area contributed by atoms with E-state index < -0.39 is 17.2 Å². The number of hydrogen-bond acceptors (Lipinski definition) is 6. The van der Waals surface area contributed by atoms with Gasteiger partial charge < -0.3 is 27.9 Å². The lowest BCUT2D eigenvalue weighted by Gasteiger charge is -2.21. The molecule has 1 fully saturated rings. The monoisotopic (exact) mass is 474 g/mol. The Labute approximate surface area is 191 Å². The number of para-hydroxylation sites is 3. The van der Waals surface area contributed by atoms with Gasteiger partial charge in [-0.05, 0) is 49.2 Å². The molecule has 0 bridgehead atoms. The van der Waals surface area contributed by atoms with Crippen molar-refractivity contribution in [2.24, 2.45) is 0 Å². The van der Waals surface area contributed by atoms with Gasteiger partial charge in [-0.25, -0.2) is 0 Å². The number of rotatable bonds is 8. The Balaban J connectivity index is 0.000000243. The van der Waals surface area contributed by atoms with Gasteiger partial charge in [-0.2, -0.15) is 0 Å². The second kappa shape index (κ2) is 14.1. The van der Waals surface area contributed by atoms with E-state index >= 15 is 0 Å². The summed E-state index contributed by atoms with van der Waals surface area (Å²) in [6, 6.07) is 28.5. The van der Waals surface area contributed by atoms with Crippen LogP contribution in [0.15, 0.2) is 91.0 Å². The van der Waals surface area contributed by atoms with Gasteiger partial charge in [-0.1, -0.05) is 73.9 Å². The lowest BCUT2D eigenvalue weighted by atomic mass is 9.98. The summed E-state index contributed by atoms with van der Waals surface area (Å²) in [6.45, 7) is 0. The predicted molar refractivity (Wildman–Crippen MR) is 127 cm³/mol. The van der Waals surface area contributed by atoms with Crippen LogP contribution in [0.2, 0.25) is 0 Å². The van der Waals surface area contributed by atoms with Crippen LogP contribution in [0.1, 0.15) is 32.1 Å². The fourth-order valence-electron chi connectivity index (χ4n) is 3.06. The third kappa shape index (κ3) is 9.52. The Morgan fingerprint density at radius 3 is 1.28 bits per heavy atom. The number of benzene rings is 3. The number of hydrogen-bond donors (Lipinski definition) is 2. The lowest BCUT2D eigenvalue weighted by molar-refractivity contribution is 0.133. The molecule has 0 radical (unpaired) electrons. The summed E-state index contributed by atoms with van der Waals surface area (Å²) in [7, 11) is -3.71. The zero-order valence-corrected chi connectivity index (χ0v) is 19.5. The van der Waals surface area contributed by atoms with Gasteiger partial charge in [-0.3, -0.25) is 0 Å². The average Bonchev–Trinajstić information content (AvgIpc) is 2.82. The minimum Gasteiger partial charge on any atom is -0.409 e. The van der Waals surface area contributed by atoms with Crippen LogP contribution in [0, 0.1) is 0 Å². The van der Waals surface area contributed by atoms with Gasteiger partial charge in [-0.15, -0.1) is 0 Å². The molecule has 32 heavy (non-hydrogen) atoms. The Bertz CT molecular complexity index is 763. The van der Waals surface area contributed by atoms with Gasteiger partial charge in [0, 0.05) is 0 Å². The first-order valence-electron chi connectivity index (χ1n) is 10.5. The molecule has 8 heteroatoms. The van der Waals surface area contributed by atoms with E-state index in [9.17, 15) is 0 Å². The fraction of sp³-hybridized carbons (Fsp3) is 0.250. The van der Waals surface area contributed by atoms with E-state index in [0.717, 1.165) is 25.7 Å². The van der Waals surface area contributed by atoms with Crippen molar-refractivity contribution in [1.82, 2.24) is 0 Å². The molecule has 0 spiro atoms. The molecule has 1 aliphatic carbocycles. The van der Waals surface area contributed by atoms with Crippen LogP contribution in [0.4, 0.5) is 0 Å². The molecule has 170 valence electrons. The molecule has 0 saturated heterocycles. The summed E-state index contributed by atoms with van der Waals surface area (Å²) in [5, 5.41) is 0. The van der Waals surface area contributed by atoms with Crippen molar-refractivity contribution in [3.8, 4) is 17.2 Å². The summed E-state index contributed by atoms with van der Waals surface area (Å²) in [6.07, 6.45) is 5.66. The van der Waals surface area contributed by atoms with Crippen molar-refractivity contribution in [3.63, 3.8) is 0 Å². The molecule has 0 aliphatic heterocycles. The SMILES string of the molecule is OP(O)OC1CCCCC1.c1ccc(OP(Oc2ccccc2)Oc2ccccc2)cc1. The maximum atomic E-state index is 8.50. The van der Waals surface area contributed by atoms with E-state index in [1.165, 1.54) is 6.42 Å². The molecule has 2 N–H and O–H groups in total. The van der Waals surface area contributed by atoms with Crippen LogP contribution in [0.25, 0.3) is 0 Å². The Morgan fingerprint density at radius 2 is 0.938 bits per heavy atom. The highest BCUT2D eigenvalue weighted by Crippen LogP contribution is 2.42. The Hall–Kier alpha value is -2.20. The van der Waals surface area contributed by atoms with Crippen molar-refractivity contribution in [3.05, 3.63) is 91.0 Å². The van der Waals surface area contributed by atoms with Gasteiger partial charge in [0.2, 0.25) is 0 Å². The van der Waals surface area contributed by atoms with E-state index in [2.05, 4.69) is 0 Å². The van der Waals surface area contributed by atoms with E-state index in [4.69, 9.17) is 27.9 Å². The van der Waals surface area contributed by atoms with Crippen LogP contribution >= 0.6 is 17.2 Å². The highest BCUT2D eigenvalue weighted by atomic mass is 31.2. The molecule has 0 heterocycles. The summed E-state index contributed by atoms with van der Waals surface area (Å²) in [5.74, 6) is 2.13. The van der Waals surface area contributed by atoms with Crippen LogP contribution in [-0.4, -0.2) is 15.9 Å². The maximum absolute atomic E-state index is 8.50. The highest BCUT2D eigenvalue weighted by Gasteiger charge is 2.19. The van der Waals surface area contributed by atoms with Gasteiger partial charge >= 0.3 is 17.2 Å². The Kier molecular flexibility index (Phi) is 10.7. The molecule has 0 amide bonds. The molecular weight excluding hydrogens is 446 g/mol. The van der Waals surface area contributed by atoms with Gasteiger partial charge in [0.1, 0.15) is 17.2 Å². The van der Waals surface area contributed by atoms with Crippen molar-refractivity contribution in [2.45, 2.75) is 38.2 Å². The largest absolute Gasteiger partial charge is 0.530 e. The van der Waals surface area contributed by atoms with E-state index in [1.54, 1.807) is 0 Å². The van der Waals surface area contributed by atoms with E-state index in [1.807, 2.05) is 91.0 Å². The molecule has 1 saturated carbocycles. The third-order valence-electron chi connectivity index (χ3n) is 4.57. The quantitative estimate of drug-likeness (QED) is 0.343. The molecular formula is C24H28O6P2. The second-order valence-electron chi connectivity index (χ2n) is 7.05. The summed E-state index contributed by atoms with van der Waals surface area (Å²) < 4.78 is 22.4. The van der Waals surface area contributed by atoms with Crippen LogP contribution < -0.4 is 13.6 Å². The molecule has 4 rings (SSSR count). The van der Waals surface area contributed by atoms with Crippen LogP contribution in [0.5, 0.6) is 17.2 Å². The van der Waals surface area contributed by atoms with Crippen molar-refractivity contribution in [2.75, 3.05) is 0 Å². The minimum atomic E-state index is -2.12. The second-order valence-corrected chi connectivity index (χ2v) is 8.77. The van der Waals surface area contributed by atoms with E-state index in [-0.39, 0.29) is 6.10 Å². The van der Waals surface area contributed by atoms with Crippen molar-refractivity contribution >= 4 is 17.2 Å². The van der Waals surface area contributed by atoms with Crippen LogP contribution in [-0.2, 0) is 4.52 Å². The lowest BCUT2D eigenvalue weighted by Crippen LogP contribution is -2.13. The smallest absolute Gasteiger partial charge is 0.409 e. The van der Waals surface area contributed by atoms with E-state index in [0.29, 0.717) is 17.2 Å². The van der Waals surface area contributed by atoms with Crippen LogP contribution in [0.3, 0.4) is 0 Å². The van der Waals surface area contributed by atoms with Gasteiger partial charge in [0.25, 0.3) is 0 Å². The summed E-state index contributed by atoms with van der Waals surface area (Å²) >= 11 is 0. The zero-order valence-electron chi connectivity index (χ0n) is 17.7. The van der Waals surface area contributed by atoms with Crippen molar-refractivity contribution < 1.29 is 27.9 Å². The summed E-state index contributed by atoms with van der Waals surface area (Å²) in [4.78, 5) is 17.0. The molecule has 1 aliphatic rings. The molecule has 3 aromatic carbocycles. The first kappa shape index (κ1) is 24.4. The predicted octanol–water partition coefficient (Wildman–Crippen LogP) is 7.00. The highest BCUT2D eigenvalue weighted by molar-refractivity contribution is 7.43. The maximum Gasteiger partial charge on any atom is 0.530 e. The van der Waals surface area contributed by atoms with Gasteiger partial charge in [0.05, 0.1) is 6.10 Å². The summed E-state index contributed by atoms with van der Waals surface area (Å²) in [5.41, 5.74) is 0.